The lowest BCUT2D eigenvalue weighted by Crippen LogP contribution is -2.17. The zero-order valence-corrected chi connectivity index (χ0v) is 11.4. The van der Waals surface area contributed by atoms with Gasteiger partial charge in [-0.25, -0.2) is 9.97 Å². The normalized spacial score (nSPS) is 10.5. The highest BCUT2D eigenvalue weighted by Crippen LogP contribution is 2.19. The van der Waals surface area contributed by atoms with Crippen LogP contribution >= 0.6 is 22.9 Å². The predicted octanol–water partition coefficient (Wildman–Crippen LogP) is 3.22. The van der Waals surface area contributed by atoms with Gasteiger partial charge in [-0.3, -0.25) is 0 Å². The van der Waals surface area contributed by atoms with E-state index in [9.17, 15) is 0 Å². The zero-order chi connectivity index (χ0) is 12.3. The summed E-state index contributed by atoms with van der Waals surface area (Å²) in [4.78, 5) is 12.0. The van der Waals surface area contributed by atoms with Crippen LogP contribution in [-0.4, -0.2) is 17.0 Å². The first-order valence-corrected chi connectivity index (χ1v) is 6.73. The van der Waals surface area contributed by atoms with Gasteiger partial charge in [-0.15, -0.1) is 22.9 Å². The quantitative estimate of drug-likeness (QED) is 0.797. The van der Waals surface area contributed by atoms with Gasteiger partial charge in [-0.1, -0.05) is 0 Å². The number of halogens is 1. The van der Waals surface area contributed by atoms with Gasteiger partial charge in [-0.05, 0) is 24.6 Å². The second kappa shape index (κ2) is 5.47. The highest BCUT2D eigenvalue weighted by Gasteiger charge is 2.08. The number of anilines is 1. The lowest BCUT2D eigenvalue weighted by molar-refractivity contribution is 0.899. The van der Waals surface area contributed by atoms with Crippen LogP contribution in [0.4, 0.5) is 5.82 Å². The first kappa shape index (κ1) is 12.3. The summed E-state index contributed by atoms with van der Waals surface area (Å²) in [7, 11) is 2.03. The second-order valence-electron chi connectivity index (χ2n) is 3.87. The minimum absolute atomic E-state index is 0.517. The number of alkyl halides is 1. The first-order valence-electron chi connectivity index (χ1n) is 5.31. The summed E-state index contributed by atoms with van der Waals surface area (Å²) in [6.45, 7) is 2.86. The van der Waals surface area contributed by atoms with E-state index in [1.807, 2.05) is 31.6 Å². The maximum atomic E-state index is 5.82. The molecule has 0 saturated heterocycles. The van der Waals surface area contributed by atoms with Crippen LogP contribution in [0, 0.1) is 6.92 Å². The van der Waals surface area contributed by atoms with E-state index < -0.39 is 0 Å². The van der Waals surface area contributed by atoms with E-state index in [0.29, 0.717) is 5.88 Å². The number of rotatable bonds is 4. The Morgan fingerprint density at radius 1 is 1.41 bits per heavy atom. The molecule has 2 rings (SSSR count). The number of aryl methyl sites for hydroxylation is 1. The average Bonchev–Trinajstić information content (AvgIpc) is 2.75. The van der Waals surface area contributed by atoms with Gasteiger partial charge in [-0.2, -0.15) is 0 Å². The minimum Gasteiger partial charge on any atom is -0.354 e. The largest absolute Gasteiger partial charge is 0.354 e. The molecular formula is C12H14ClN3S. The molecule has 0 radical (unpaired) electrons. The Kier molecular flexibility index (Phi) is 3.97. The number of hydrogen-bond donors (Lipinski definition) is 0. The number of thiazole rings is 1. The fraction of sp³-hybridized carbons (Fsp3) is 0.333. The molecule has 0 aromatic carbocycles. The molecule has 2 aromatic heterocycles. The third kappa shape index (κ3) is 2.96. The summed E-state index contributed by atoms with van der Waals surface area (Å²) in [5, 5.41) is 0. The van der Waals surface area contributed by atoms with Crippen molar-refractivity contribution in [3.8, 4) is 0 Å². The molecule has 3 nitrogen and oxygen atoms in total. The van der Waals surface area contributed by atoms with E-state index in [1.54, 1.807) is 17.5 Å². The Balaban J connectivity index is 2.14. The van der Waals surface area contributed by atoms with Gasteiger partial charge in [0.15, 0.2) is 0 Å². The summed E-state index contributed by atoms with van der Waals surface area (Å²) in [5.41, 5.74) is 4.06. The molecule has 2 aromatic rings. The van der Waals surface area contributed by atoms with Crippen molar-refractivity contribution in [1.82, 2.24) is 9.97 Å². The molecule has 0 unspecified atom stereocenters. The fourth-order valence-corrected chi connectivity index (χ4v) is 2.52. The molecule has 2 heterocycles. The van der Waals surface area contributed by atoms with Crippen LogP contribution in [0.3, 0.4) is 0 Å². The monoisotopic (exact) mass is 267 g/mol. The average molecular weight is 268 g/mol. The van der Waals surface area contributed by atoms with Crippen LogP contribution in [0.25, 0.3) is 0 Å². The Morgan fingerprint density at radius 3 is 2.88 bits per heavy atom. The summed E-state index contributed by atoms with van der Waals surface area (Å²) in [6, 6.07) is 3.95. The number of pyridine rings is 1. The SMILES string of the molecule is Cc1ncsc1CN(C)c1cc(CCl)ccn1. The van der Waals surface area contributed by atoms with E-state index in [4.69, 9.17) is 11.6 Å². The van der Waals surface area contributed by atoms with E-state index in [2.05, 4.69) is 14.9 Å². The van der Waals surface area contributed by atoms with E-state index >= 15 is 0 Å². The van der Waals surface area contributed by atoms with Crippen molar-refractivity contribution in [2.24, 2.45) is 0 Å². The highest BCUT2D eigenvalue weighted by molar-refractivity contribution is 7.09. The molecule has 0 spiro atoms. The van der Waals surface area contributed by atoms with Gasteiger partial charge in [0.1, 0.15) is 5.82 Å². The van der Waals surface area contributed by atoms with Crippen LogP contribution in [0.5, 0.6) is 0 Å². The molecule has 5 heteroatoms. The molecule has 90 valence electrons. The van der Waals surface area contributed by atoms with Crippen molar-refractivity contribution < 1.29 is 0 Å². The van der Waals surface area contributed by atoms with Crippen molar-refractivity contribution >= 4 is 28.8 Å². The summed E-state index contributed by atoms with van der Waals surface area (Å²) in [5.74, 6) is 1.46. The molecule has 0 aliphatic rings. The molecule has 0 amide bonds. The van der Waals surface area contributed by atoms with E-state index in [-0.39, 0.29) is 0 Å². The second-order valence-corrected chi connectivity index (χ2v) is 5.08. The van der Waals surface area contributed by atoms with Gasteiger partial charge in [0.2, 0.25) is 0 Å². The third-order valence-corrected chi connectivity index (χ3v) is 3.81. The summed E-state index contributed by atoms with van der Waals surface area (Å²) < 4.78 is 0. The third-order valence-electron chi connectivity index (χ3n) is 2.58. The summed E-state index contributed by atoms with van der Waals surface area (Å²) >= 11 is 7.49. The van der Waals surface area contributed by atoms with Crippen LogP contribution < -0.4 is 4.90 Å². The Morgan fingerprint density at radius 2 is 2.24 bits per heavy atom. The van der Waals surface area contributed by atoms with Crippen LogP contribution in [0.15, 0.2) is 23.8 Å². The van der Waals surface area contributed by atoms with Crippen LogP contribution in [0.1, 0.15) is 16.1 Å². The zero-order valence-electron chi connectivity index (χ0n) is 9.85. The lowest BCUT2D eigenvalue weighted by atomic mass is 10.3. The molecule has 17 heavy (non-hydrogen) atoms. The smallest absolute Gasteiger partial charge is 0.128 e. The minimum atomic E-state index is 0.517. The number of aromatic nitrogens is 2. The molecule has 0 atom stereocenters. The van der Waals surface area contributed by atoms with Gasteiger partial charge < -0.3 is 4.90 Å². The first-order chi connectivity index (χ1) is 8.20. The molecule has 0 saturated carbocycles. The molecular weight excluding hydrogens is 254 g/mol. The Bertz CT molecular complexity index is 498. The Hall–Kier alpha value is -1.13. The van der Waals surface area contributed by atoms with Gasteiger partial charge in [0.05, 0.1) is 17.7 Å². The van der Waals surface area contributed by atoms with Gasteiger partial charge >= 0.3 is 0 Å². The predicted molar refractivity (Wildman–Crippen MR) is 72.8 cm³/mol. The maximum Gasteiger partial charge on any atom is 0.128 e. The van der Waals surface area contributed by atoms with Crippen molar-refractivity contribution in [2.75, 3.05) is 11.9 Å². The lowest BCUT2D eigenvalue weighted by Gasteiger charge is -2.17. The highest BCUT2D eigenvalue weighted by atomic mass is 35.5. The Labute approximate surface area is 110 Å². The van der Waals surface area contributed by atoms with Crippen molar-refractivity contribution in [3.05, 3.63) is 40.0 Å². The fourth-order valence-electron chi connectivity index (χ4n) is 1.53. The van der Waals surface area contributed by atoms with Gasteiger partial charge in [0, 0.05) is 24.0 Å². The number of nitrogens with zero attached hydrogens (tertiary/aromatic N) is 3. The molecule has 0 fully saturated rings. The van der Waals surface area contributed by atoms with Crippen molar-refractivity contribution in [1.29, 1.82) is 0 Å². The molecule has 0 N–H and O–H groups in total. The van der Waals surface area contributed by atoms with Crippen molar-refractivity contribution in [3.63, 3.8) is 0 Å². The van der Waals surface area contributed by atoms with Crippen LogP contribution in [-0.2, 0) is 12.4 Å². The van der Waals surface area contributed by atoms with Crippen LogP contribution in [0.2, 0.25) is 0 Å². The standard InChI is InChI=1S/C12H14ClN3S/c1-9-11(17-8-15-9)7-16(2)12-5-10(6-13)3-4-14-12/h3-5,8H,6-7H2,1-2H3. The van der Waals surface area contributed by atoms with Crippen molar-refractivity contribution in [2.45, 2.75) is 19.3 Å². The summed E-state index contributed by atoms with van der Waals surface area (Å²) in [6.07, 6.45) is 1.79. The maximum absolute atomic E-state index is 5.82. The topological polar surface area (TPSA) is 29.0 Å². The van der Waals surface area contributed by atoms with E-state index in [1.165, 1.54) is 4.88 Å². The van der Waals surface area contributed by atoms with E-state index in [0.717, 1.165) is 23.6 Å². The van der Waals surface area contributed by atoms with Gasteiger partial charge in [0.25, 0.3) is 0 Å². The molecule has 0 aliphatic heterocycles. The molecule has 0 aliphatic carbocycles. The molecule has 0 bridgehead atoms. The number of hydrogen-bond acceptors (Lipinski definition) is 4.